The third kappa shape index (κ3) is 2.22. The molecule has 3 N–H and O–H groups in total. The largest absolute Gasteiger partial charge is 0.390 e. The zero-order valence-electron chi connectivity index (χ0n) is 8.27. The van der Waals surface area contributed by atoms with E-state index in [4.69, 9.17) is 10.2 Å². The lowest BCUT2D eigenvalue weighted by atomic mass is 10.2. The first-order valence-electron chi connectivity index (χ1n) is 4.49. The van der Waals surface area contributed by atoms with E-state index in [0.717, 1.165) is 11.3 Å². The molecule has 15 heavy (non-hydrogen) atoms. The van der Waals surface area contributed by atoms with Crippen LogP contribution in [0.3, 0.4) is 0 Å². The molecule has 0 saturated carbocycles. The molecule has 2 aromatic rings. The van der Waals surface area contributed by atoms with Crippen molar-refractivity contribution in [3.8, 4) is 0 Å². The van der Waals surface area contributed by atoms with E-state index in [9.17, 15) is 0 Å². The SMILES string of the molecule is Cc1cccnc1CNc1nnc(N)o1. The van der Waals surface area contributed by atoms with Crippen LogP contribution in [0.25, 0.3) is 0 Å². The molecule has 78 valence electrons. The van der Waals surface area contributed by atoms with E-state index in [-0.39, 0.29) is 6.01 Å². The summed E-state index contributed by atoms with van der Waals surface area (Å²) in [4.78, 5) is 4.22. The van der Waals surface area contributed by atoms with Crippen LogP contribution in [0.2, 0.25) is 0 Å². The summed E-state index contributed by atoms with van der Waals surface area (Å²) in [5.74, 6) is 0. The first kappa shape index (κ1) is 9.45. The van der Waals surface area contributed by atoms with Crippen LogP contribution in [0.1, 0.15) is 11.3 Å². The Bertz CT molecular complexity index is 453. The molecule has 6 heteroatoms. The standard InChI is InChI=1S/C9H11N5O/c1-6-3-2-4-11-7(6)5-12-9-14-13-8(10)15-9/h2-4H,5H2,1H3,(H2,10,13)(H,12,14). The van der Waals surface area contributed by atoms with Crippen molar-refractivity contribution in [1.29, 1.82) is 0 Å². The minimum absolute atomic E-state index is 0.0512. The average molecular weight is 205 g/mol. The highest BCUT2D eigenvalue weighted by molar-refractivity contribution is 5.26. The fourth-order valence-electron chi connectivity index (χ4n) is 1.17. The van der Waals surface area contributed by atoms with Gasteiger partial charge in [0, 0.05) is 6.20 Å². The summed E-state index contributed by atoms with van der Waals surface area (Å²) in [6.45, 7) is 2.53. The molecule has 6 nitrogen and oxygen atoms in total. The van der Waals surface area contributed by atoms with Gasteiger partial charge in [-0.1, -0.05) is 16.3 Å². The Morgan fingerprint density at radius 2 is 2.33 bits per heavy atom. The smallest absolute Gasteiger partial charge is 0.317 e. The zero-order valence-corrected chi connectivity index (χ0v) is 8.27. The van der Waals surface area contributed by atoms with Gasteiger partial charge in [-0.15, -0.1) is 0 Å². The van der Waals surface area contributed by atoms with E-state index < -0.39 is 0 Å². The monoisotopic (exact) mass is 205 g/mol. The third-order valence-electron chi connectivity index (χ3n) is 1.97. The van der Waals surface area contributed by atoms with Crippen LogP contribution in [-0.2, 0) is 6.54 Å². The van der Waals surface area contributed by atoms with Gasteiger partial charge in [-0.25, -0.2) is 0 Å². The predicted octanol–water partition coefficient (Wildman–Crippen LogP) is 0.967. The van der Waals surface area contributed by atoms with Gasteiger partial charge in [0.1, 0.15) is 0 Å². The molecule has 0 spiro atoms. The van der Waals surface area contributed by atoms with Crippen LogP contribution in [0.5, 0.6) is 0 Å². The second kappa shape index (κ2) is 3.95. The fraction of sp³-hybridized carbons (Fsp3) is 0.222. The molecule has 0 aliphatic heterocycles. The van der Waals surface area contributed by atoms with Gasteiger partial charge >= 0.3 is 12.0 Å². The Hall–Kier alpha value is -2.11. The molecule has 0 fully saturated rings. The third-order valence-corrected chi connectivity index (χ3v) is 1.97. The number of nitrogens with one attached hydrogen (secondary N) is 1. The van der Waals surface area contributed by atoms with Gasteiger partial charge in [0.05, 0.1) is 12.2 Å². The first-order chi connectivity index (χ1) is 7.25. The van der Waals surface area contributed by atoms with Crippen molar-refractivity contribution in [1.82, 2.24) is 15.2 Å². The number of rotatable bonds is 3. The van der Waals surface area contributed by atoms with Crippen LogP contribution in [0.15, 0.2) is 22.7 Å². The van der Waals surface area contributed by atoms with E-state index in [1.165, 1.54) is 0 Å². The molecular formula is C9H11N5O. The van der Waals surface area contributed by atoms with E-state index in [0.29, 0.717) is 12.6 Å². The molecule has 0 aromatic carbocycles. The summed E-state index contributed by atoms with van der Waals surface area (Å²) >= 11 is 0. The van der Waals surface area contributed by atoms with Crippen LogP contribution in [0, 0.1) is 6.92 Å². The van der Waals surface area contributed by atoms with Crippen LogP contribution < -0.4 is 11.1 Å². The Labute approximate surface area is 86.5 Å². The number of nitrogens with two attached hydrogens (primary N) is 1. The van der Waals surface area contributed by atoms with Gasteiger partial charge in [0.25, 0.3) is 0 Å². The predicted molar refractivity (Wildman–Crippen MR) is 55.0 cm³/mol. The molecule has 0 aliphatic carbocycles. The number of pyridine rings is 1. The maximum absolute atomic E-state index is 5.28. The normalized spacial score (nSPS) is 10.2. The summed E-state index contributed by atoms with van der Waals surface area (Å²) in [6.07, 6.45) is 1.74. The molecule has 0 saturated heterocycles. The number of hydrogen-bond donors (Lipinski definition) is 2. The van der Waals surface area contributed by atoms with Crippen molar-refractivity contribution in [2.45, 2.75) is 13.5 Å². The molecule has 2 rings (SSSR count). The molecular weight excluding hydrogens is 194 g/mol. The minimum atomic E-state index is 0.0512. The highest BCUT2D eigenvalue weighted by Crippen LogP contribution is 2.09. The summed E-state index contributed by atoms with van der Waals surface area (Å²) in [6, 6.07) is 4.24. The number of aromatic nitrogens is 3. The van der Waals surface area contributed by atoms with E-state index in [2.05, 4.69) is 20.5 Å². The highest BCUT2D eigenvalue weighted by Gasteiger charge is 2.03. The van der Waals surface area contributed by atoms with Gasteiger partial charge in [-0.3, -0.25) is 4.98 Å². The maximum atomic E-state index is 5.28. The van der Waals surface area contributed by atoms with E-state index in [1.54, 1.807) is 6.20 Å². The second-order valence-corrected chi connectivity index (χ2v) is 3.07. The maximum Gasteiger partial charge on any atom is 0.317 e. The van der Waals surface area contributed by atoms with Crippen molar-refractivity contribution >= 4 is 12.0 Å². The second-order valence-electron chi connectivity index (χ2n) is 3.07. The molecule has 0 bridgehead atoms. The number of anilines is 2. The van der Waals surface area contributed by atoms with Crippen molar-refractivity contribution in [3.63, 3.8) is 0 Å². The van der Waals surface area contributed by atoms with Crippen LogP contribution in [0.4, 0.5) is 12.0 Å². The summed E-state index contributed by atoms with van der Waals surface area (Å²) < 4.78 is 4.96. The van der Waals surface area contributed by atoms with Crippen molar-refractivity contribution < 1.29 is 4.42 Å². The number of nitrogens with zero attached hydrogens (tertiary/aromatic N) is 3. The van der Waals surface area contributed by atoms with Crippen LogP contribution >= 0.6 is 0 Å². The lowest BCUT2D eigenvalue weighted by molar-refractivity contribution is 0.585. The van der Waals surface area contributed by atoms with Crippen LogP contribution in [-0.4, -0.2) is 15.2 Å². The summed E-state index contributed by atoms with van der Waals surface area (Å²) in [5, 5.41) is 10.1. The van der Waals surface area contributed by atoms with Gasteiger partial charge in [-0.2, -0.15) is 0 Å². The minimum Gasteiger partial charge on any atom is -0.390 e. The van der Waals surface area contributed by atoms with Gasteiger partial charge in [0.2, 0.25) is 0 Å². The molecule has 0 atom stereocenters. The number of hydrogen-bond acceptors (Lipinski definition) is 6. The van der Waals surface area contributed by atoms with Crippen molar-refractivity contribution in [3.05, 3.63) is 29.6 Å². The Kier molecular flexibility index (Phi) is 2.49. The summed E-state index contributed by atoms with van der Waals surface area (Å²) in [7, 11) is 0. The molecule has 0 unspecified atom stereocenters. The zero-order chi connectivity index (χ0) is 10.7. The molecule has 0 aliphatic rings. The molecule has 2 heterocycles. The summed E-state index contributed by atoms with van der Waals surface area (Å²) in [5.41, 5.74) is 7.33. The lowest BCUT2D eigenvalue weighted by Gasteiger charge is -2.03. The molecule has 0 amide bonds. The van der Waals surface area contributed by atoms with Gasteiger partial charge in [0.15, 0.2) is 0 Å². The number of aryl methyl sites for hydroxylation is 1. The van der Waals surface area contributed by atoms with E-state index >= 15 is 0 Å². The average Bonchev–Trinajstić information content (AvgIpc) is 2.63. The Morgan fingerprint density at radius 3 is 3.00 bits per heavy atom. The quantitative estimate of drug-likeness (QED) is 0.775. The van der Waals surface area contributed by atoms with Crippen molar-refractivity contribution in [2.24, 2.45) is 0 Å². The first-order valence-corrected chi connectivity index (χ1v) is 4.49. The number of nitrogen functional groups attached to an aromatic ring is 1. The molecule has 0 radical (unpaired) electrons. The van der Waals surface area contributed by atoms with Crippen molar-refractivity contribution in [2.75, 3.05) is 11.1 Å². The lowest BCUT2D eigenvalue weighted by Crippen LogP contribution is -2.03. The fourth-order valence-corrected chi connectivity index (χ4v) is 1.17. The topological polar surface area (TPSA) is 89.9 Å². The Morgan fingerprint density at radius 1 is 1.47 bits per heavy atom. The highest BCUT2D eigenvalue weighted by atomic mass is 16.4. The van der Waals surface area contributed by atoms with Gasteiger partial charge < -0.3 is 15.5 Å². The van der Waals surface area contributed by atoms with Gasteiger partial charge in [-0.05, 0) is 18.6 Å². The Balaban J connectivity index is 2.02. The molecule has 2 aromatic heterocycles. The van der Waals surface area contributed by atoms with E-state index in [1.807, 2.05) is 19.1 Å².